The van der Waals surface area contributed by atoms with Gasteiger partial charge >= 0.3 is 0 Å². The number of anilines is 1. The zero-order valence-electron chi connectivity index (χ0n) is 20.8. The Bertz CT molecular complexity index is 1500. The molecule has 3 heterocycles. The van der Waals surface area contributed by atoms with Crippen LogP contribution < -0.4 is 10.1 Å². The molecular weight excluding hydrogens is 525 g/mol. The van der Waals surface area contributed by atoms with E-state index in [9.17, 15) is 9.90 Å². The van der Waals surface area contributed by atoms with Crippen molar-refractivity contribution in [1.82, 2.24) is 20.1 Å². The predicted molar refractivity (Wildman–Crippen MR) is 150 cm³/mol. The highest BCUT2D eigenvalue weighted by atomic mass is 35.5. The highest BCUT2D eigenvalue weighted by Gasteiger charge is 2.22. The molecule has 4 aromatic rings. The van der Waals surface area contributed by atoms with Gasteiger partial charge in [-0.15, -0.1) is 0 Å². The standard InChI is InChI=1S/C28H27Cl2N5O3/c1-3-26(37)32-25-11-17-6-7-35(8-9-36)15-18(17)10-20(25)28-21-12-19(4-5-24(21)33-34-28)38-16(2)27-22(29)13-31-14-23(27)30/h3-5,10-14,16,36H,1,6-9,15H2,2H3,(H,32,37)(H,33,34)/t16-/m1/s1. The number of H-pyrrole nitrogens is 1. The molecular formula is C28H27Cl2N5O3. The van der Waals surface area contributed by atoms with E-state index in [1.165, 1.54) is 18.5 Å². The van der Waals surface area contributed by atoms with Crippen LogP contribution >= 0.6 is 23.2 Å². The SMILES string of the molecule is C=CC(=O)Nc1cc2c(cc1-c1n[nH]c3ccc(O[C@H](C)c4c(Cl)cncc4Cl)cc13)CN(CCO)CC2. The first-order valence-electron chi connectivity index (χ1n) is 12.2. The number of aliphatic hydroxyl groups excluding tert-OH is 1. The lowest BCUT2D eigenvalue weighted by atomic mass is 9.93. The largest absolute Gasteiger partial charge is 0.486 e. The minimum Gasteiger partial charge on any atom is -0.486 e. The zero-order valence-corrected chi connectivity index (χ0v) is 22.3. The molecule has 196 valence electrons. The summed E-state index contributed by atoms with van der Waals surface area (Å²) < 4.78 is 6.22. The minimum atomic E-state index is -0.422. The number of amides is 1. The number of benzene rings is 2. The van der Waals surface area contributed by atoms with Crippen molar-refractivity contribution in [3.05, 3.63) is 82.1 Å². The van der Waals surface area contributed by atoms with Gasteiger partial charge in [-0.2, -0.15) is 5.10 Å². The lowest BCUT2D eigenvalue weighted by Crippen LogP contribution is -2.32. The van der Waals surface area contributed by atoms with E-state index in [1.54, 1.807) is 0 Å². The Morgan fingerprint density at radius 2 is 2.05 bits per heavy atom. The first-order valence-corrected chi connectivity index (χ1v) is 13.0. The summed E-state index contributed by atoms with van der Waals surface area (Å²) in [5.74, 6) is 0.313. The Morgan fingerprint density at radius 1 is 1.26 bits per heavy atom. The van der Waals surface area contributed by atoms with Crippen LogP contribution in [0.5, 0.6) is 5.75 Å². The van der Waals surface area contributed by atoms with Gasteiger partial charge in [-0.3, -0.25) is 19.8 Å². The summed E-state index contributed by atoms with van der Waals surface area (Å²) in [6.45, 7) is 7.73. The van der Waals surface area contributed by atoms with Gasteiger partial charge < -0.3 is 15.2 Å². The van der Waals surface area contributed by atoms with Gasteiger partial charge in [0, 0.05) is 48.5 Å². The number of halogens is 2. The maximum absolute atomic E-state index is 12.3. The molecule has 0 radical (unpaired) electrons. The van der Waals surface area contributed by atoms with Crippen molar-refractivity contribution in [2.45, 2.75) is 26.0 Å². The molecule has 0 unspecified atom stereocenters. The van der Waals surface area contributed by atoms with Crippen molar-refractivity contribution in [1.29, 1.82) is 0 Å². The number of nitrogens with zero attached hydrogens (tertiary/aromatic N) is 3. The van der Waals surface area contributed by atoms with E-state index in [0.29, 0.717) is 45.8 Å². The number of hydrogen-bond donors (Lipinski definition) is 3. The number of aromatic nitrogens is 3. The molecule has 2 aromatic heterocycles. The van der Waals surface area contributed by atoms with Crippen molar-refractivity contribution in [2.24, 2.45) is 0 Å². The lowest BCUT2D eigenvalue weighted by molar-refractivity contribution is -0.111. The fourth-order valence-electron chi connectivity index (χ4n) is 4.83. The third-order valence-electron chi connectivity index (χ3n) is 6.69. The second-order valence-electron chi connectivity index (χ2n) is 9.17. The summed E-state index contributed by atoms with van der Waals surface area (Å²) in [5.41, 5.74) is 5.89. The molecule has 2 aromatic carbocycles. The first kappa shape index (κ1) is 26.2. The van der Waals surface area contributed by atoms with Gasteiger partial charge in [-0.25, -0.2) is 0 Å². The van der Waals surface area contributed by atoms with Crippen LogP contribution in [0.4, 0.5) is 5.69 Å². The predicted octanol–water partition coefficient (Wildman–Crippen LogP) is 5.55. The number of fused-ring (bicyclic) bond motifs is 2. The highest BCUT2D eigenvalue weighted by molar-refractivity contribution is 6.35. The van der Waals surface area contributed by atoms with Gasteiger partial charge in [0.1, 0.15) is 17.5 Å². The number of aromatic amines is 1. The van der Waals surface area contributed by atoms with Crippen molar-refractivity contribution in [3.63, 3.8) is 0 Å². The fourth-order valence-corrected chi connectivity index (χ4v) is 5.50. The number of aliphatic hydroxyl groups is 1. The van der Waals surface area contributed by atoms with E-state index < -0.39 is 6.10 Å². The fraction of sp³-hybridized carbons (Fsp3) is 0.250. The Morgan fingerprint density at radius 3 is 2.79 bits per heavy atom. The highest BCUT2D eigenvalue weighted by Crippen LogP contribution is 2.38. The van der Waals surface area contributed by atoms with Gasteiger partial charge in [0.2, 0.25) is 5.91 Å². The van der Waals surface area contributed by atoms with Crippen LogP contribution in [0.3, 0.4) is 0 Å². The zero-order chi connectivity index (χ0) is 26.8. The average molecular weight is 552 g/mol. The van der Waals surface area contributed by atoms with E-state index in [0.717, 1.165) is 40.6 Å². The maximum atomic E-state index is 12.3. The second-order valence-corrected chi connectivity index (χ2v) is 9.98. The van der Waals surface area contributed by atoms with Crippen LogP contribution in [0.2, 0.25) is 10.0 Å². The van der Waals surface area contributed by atoms with Crippen molar-refractivity contribution in [2.75, 3.05) is 25.0 Å². The smallest absolute Gasteiger partial charge is 0.247 e. The summed E-state index contributed by atoms with van der Waals surface area (Å²) >= 11 is 12.7. The Kier molecular flexibility index (Phi) is 7.67. The first-order chi connectivity index (χ1) is 18.4. The van der Waals surface area contributed by atoms with Crippen molar-refractivity contribution >= 4 is 45.7 Å². The molecule has 0 spiro atoms. The molecule has 1 atom stereocenters. The number of β-amino-alcohol motifs (C(OH)–C–C–N with tert-alkyl or cyclic N) is 1. The van der Waals surface area contributed by atoms with Gasteiger partial charge in [0.15, 0.2) is 0 Å². The molecule has 1 amide bonds. The third kappa shape index (κ3) is 5.26. The minimum absolute atomic E-state index is 0.108. The molecule has 38 heavy (non-hydrogen) atoms. The van der Waals surface area contributed by atoms with E-state index in [2.05, 4.69) is 38.0 Å². The number of hydrogen-bond acceptors (Lipinski definition) is 6. The molecule has 3 N–H and O–H groups in total. The summed E-state index contributed by atoms with van der Waals surface area (Å²) in [5, 5.41) is 21.8. The van der Waals surface area contributed by atoms with Gasteiger partial charge in [-0.1, -0.05) is 29.8 Å². The van der Waals surface area contributed by atoms with Crippen molar-refractivity contribution in [3.8, 4) is 17.0 Å². The van der Waals surface area contributed by atoms with Crippen LogP contribution in [0.15, 0.2) is 55.4 Å². The van der Waals surface area contributed by atoms with Crippen LogP contribution in [0.1, 0.15) is 29.7 Å². The second kappa shape index (κ2) is 11.1. The van der Waals surface area contributed by atoms with Crippen molar-refractivity contribution < 1.29 is 14.6 Å². The molecule has 0 fully saturated rings. The van der Waals surface area contributed by atoms with E-state index in [4.69, 9.17) is 27.9 Å². The number of ether oxygens (including phenoxy) is 1. The molecule has 1 aliphatic rings. The molecule has 0 bridgehead atoms. The van der Waals surface area contributed by atoms with Gasteiger partial charge in [0.05, 0.1) is 27.9 Å². The number of rotatable bonds is 8. The number of nitrogens with one attached hydrogen (secondary N) is 2. The molecule has 8 nitrogen and oxygen atoms in total. The van der Waals surface area contributed by atoms with Crippen LogP contribution in [0, 0.1) is 0 Å². The van der Waals surface area contributed by atoms with E-state index in [1.807, 2.05) is 31.2 Å². The molecule has 5 rings (SSSR count). The van der Waals surface area contributed by atoms with Gasteiger partial charge in [0.25, 0.3) is 0 Å². The Labute approximate surface area is 230 Å². The van der Waals surface area contributed by atoms with Crippen LogP contribution in [-0.2, 0) is 17.8 Å². The monoisotopic (exact) mass is 551 g/mol. The molecule has 0 aliphatic carbocycles. The summed E-state index contributed by atoms with van der Waals surface area (Å²) in [7, 11) is 0. The summed E-state index contributed by atoms with van der Waals surface area (Å²) in [4.78, 5) is 18.5. The molecule has 1 aliphatic heterocycles. The van der Waals surface area contributed by atoms with Crippen LogP contribution in [0.25, 0.3) is 22.2 Å². The number of carbonyl (C=O) groups excluding carboxylic acids is 1. The topological polar surface area (TPSA) is 103 Å². The number of carbonyl (C=O) groups is 1. The summed E-state index contributed by atoms with van der Waals surface area (Å²) in [6.07, 6.45) is 4.73. The third-order valence-corrected chi connectivity index (χ3v) is 7.29. The molecule has 0 saturated heterocycles. The Hall–Kier alpha value is -3.43. The quantitative estimate of drug-likeness (QED) is 0.248. The summed E-state index contributed by atoms with van der Waals surface area (Å²) in [6, 6.07) is 9.74. The van der Waals surface area contributed by atoms with E-state index >= 15 is 0 Å². The van der Waals surface area contributed by atoms with Crippen LogP contribution in [-0.4, -0.2) is 50.8 Å². The normalized spacial score (nSPS) is 14.2. The lowest BCUT2D eigenvalue weighted by Gasteiger charge is -2.29. The van der Waals surface area contributed by atoms with E-state index in [-0.39, 0.29) is 12.5 Å². The average Bonchev–Trinajstić information content (AvgIpc) is 3.31. The Balaban J connectivity index is 1.55. The maximum Gasteiger partial charge on any atom is 0.247 e. The molecule has 10 heteroatoms. The molecule has 0 saturated carbocycles. The number of pyridine rings is 1. The van der Waals surface area contributed by atoms with Gasteiger partial charge in [-0.05, 0) is 60.9 Å².